The Balaban J connectivity index is 2.13. The average Bonchev–Trinajstić information content (AvgIpc) is 2.43. The van der Waals surface area contributed by atoms with Gasteiger partial charge in [0.15, 0.2) is 5.78 Å². The Bertz CT molecular complexity index is 551. The van der Waals surface area contributed by atoms with Crippen molar-refractivity contribution in [3.63, 3.8) is 0 Å². The number of nitrogens with zero attached hydrogens (tertiary/aromatic N) is 1. The van der Waals surface area contributed by atoms with Gasteiger partial charge in [0, 0.05) is 23.6 Å². The Kier molecular flexibility index (Phi) is 4.05. The molecule has 0 saturated carbocycles. The first-order valence-electron chi connectivity index (χ1n) is 6.28. The summed E-state index contributed by atoms with van der Waals surface area (Å²) in [5, 5.41) is 1.01. The molecule has 0 amide bonds. The van der Waals surface area contributed by atoms with Crippen molar-refractivity contribution in [2.45, 2.75) is 19.8 Å². The molecule has 3 nitrogen and oxygen atoms in total. The van der Waals surface area contributed by atoms with E-state index in [1.165, 1.54) is 0 Å². The minimum Gasteiger partial charge on any atom is -0.330 e. The van der Waals surface area contributed by atoms with Crippen LogP contribution < -0.4 is 5.73 Å². The summed E-state index contributed by atoms with van der Waals surface area (Å²) in [6.07, 6.45) is 3.04. The first-order valence-corrected chi connectivity index (χ1v) is 6.28. The van der Waals surface area contributed by atoms with E-state index in [1.807, 2.05) is 30.3 Å². The van der Waals surface area contributed by atoms with E-state index in [4.69, 9.17) is 5.73 Å². The van der Waals surface area contributed by atoms with Crippen molar-refractivity contribution in [2.24, 2.45) is 11.7 Å². The molecular formula is C15H18N2O. The maximum Gasteiger partial charge on any atom is 0.164 e. The van der Waals surface area contributed by atoms with Gasteiger partial charge < -0.3 is 5.73 Å². The van der Waals surface area contributed by atoms with Crippen molar-refractivity contribution < 1.29 is 4.79 Å². The second-order valence-corrected chi connectivity index (χ2v) is 4.72. The molecule has 0 fully saturated rings. The second-order valence-electron chi connectivity index (χ2n) is 4.72. The molecule has 0 saturated heterocycles. The predicted octanol–water partition coefficient (Wildman–Crippen LogP) is 2.79. The number of Topliss-reactive ketones (excluding diaryl/α,β-unsaturated/α-hetero) is 1. The number of hydrogen-bond donors (Lipinski definition) is 1. The van der Waals surface area contributed by atoms with Crippen molar-refractivity contribution in [1.82, 2.24) is 4.98 Å². The number of hydrogen-bond acceptors (Lipinski definition) is 3. The van der Waals surface area contributed by atoms with E-state index in [1.54, 1.807) is 6.20 Å². The Morgan fingerprint density at radius 3 is 2.94 bits per heavy atom. The number of fused-ring (bicyclic) bond motifs is 1. The number of ketones is 1. The van der Waals surface area contributed by atoms with Gasteiger partial charge in [-0.05, 0) is 31.0 Å². The van der Waals surface area contributed by atoms with Crippen LogP contribution >= 0.6 is 0 Å². The largest absolute Gasteiger partial charge is 0.330 e. The molecule has 1 aromatic heterocycles. The molecule has 2 N–H and O–H groups in total. The van der Waals surface area contributed by atoms with Gasteiger partial charge in [0.2, 0.25) is 0 Å². The van der Waals surface area contributed by atoms with Crippen LogP contribution in [0.4, 0.5) is 0 Å². The molecule has 3 heteroatoms. The fourth-order valence-corrected chi connectivity index (χ4v) is 1.86. The van der Waals surface area contributed by atoms with Crippen LogP contribution in [0.5, 0.6) is 0 Å². The zero-order chi connectivity index (χ0) is 13.0. The highest BCUT2D eigenvalue weighted by Crippen LogP contribution is 2.15. The molecular weight excluding hydrogens is 224 g/mol. The molecule has 1 heterocycles. The minimum atomic E-state index is 0.147. The second kappa shape index (κ2) is 5.74. The van der Waals surface area contributed by atoms with E-state index < -0.39 is 0 Å². The first kappa shape index (κ1) is 12.7. The van der Waals surface area contributed by atoms with Gasteiger partial charge in [-0.15, -0.1) is 0 Å². The fourth-order valence-electron chi connectivity index (χ4n) is 1.86. The molecule has 2 aromatic rings. The third-order valence-corrected chi connectivity index (χ3v) is 3.18. The van der Waals surface area contributed by atoms with Crippen LogP contribution in [0.25, 0.3) is 10.9 Å². The topological polar surface area (TPSA) is 56.0 Å². The SMILES string of the molecule is CC(CN)CCC(=O)c1cnc2ccccc2c1. The van der Waals surface area contributed by atoms with Gasteiger partial charge in [-0.2, -0.15) is 0 Å². The summed E-state index contributed by atoms with van der Waals surface area (Å²) in [6.45, 7) is 2.69. The molecule has 1 unspecified atom stereocenters. The van der Waals surface area contributed by atoms with Gasteiger partial charge >= 0.3 is 0 Å². The van der Waals surface area contributed by atoms with Crippen LogP contribution in [-0.4, -0.2) is 17.3 Å². The summed E-state index contributed by atoms with van der Waals surface area (Å²) in [6, 6.07) is 9.73. The third-order valence-electron chi connectivity index (χ3n) is 3.18. The van der Waals surface area contributed by atoms with Gasteiger partial charge in [-0.3, -0.25) is 9.78 Å². The summed E-state index contributed by atoms with van der Waals surface area (Å²) >= 11 is 0. The molecule has 0 aliphatic heterocycles. The molecule has 0 bridgehead atoms. The number of nitrogens with two attached hydrogens (primary N) is 1. The number of rotatable bonds is 5. The van der Waals surface area contributed by atoms with Gasteiger partial charge in [0.05, 0.1) is 5.52 Å². The minimum absolute atomic E-state index is 0.147. The summed E-state index contributed by atoms with van der Waals surface area (Å²) < 4.78 is 0. The van der Waals surface area contributed by atoms with Crippen LogP contribution in [-0.2, 0) is 0 Å². The van der Waals surface area contributed by atoms with Crippen LogP contribution in [0.15, 0.2) is 36.5 Å². The van der Waals surface area contributed by atoms with E-state index in [0.717, 1.165) is 17.3 Å². The van der Waals surface area contributed by atoms with E-state index in [2.05, 4.69) is 11.9 Å². The lowest BCUT2D eigenvalue weighted by atomic mass is 10.0. The van der Waals surface area contributed by atoms with Crippen molar-refractivity contribution in [3.8, 4) is 0 Å². The van der Waals surface area contributed by atoms with E-state index in [9.17, 15) is 4.79 Å². The van der Waals surface area contributed by atoms with E-state index in [0.29, 0.717) is 24.4 Å². The molecule has 0 radical (unpaired) electrons. The lowest BCUT2D eigenvalue weighted by Gasteiger charge is -2.07. The monoisotopic (exact) mass is 242 g/mol. The molecule has 0 aliphatic carbocycles. The van der Waals surface area contributed by atoms with Crippen LogP contribution in [0.2, 0.25) is 0 Å². The van der Waals surface area contributed by atoms with E-state index in [-0.39, 0.29) is 5.78 Å². The Labute approximate surface area is 107 Å². The Morgan fingerprint density at radius 2 is 2.17 bits per heavy atom. The molecule has 1 aromatic carbocycles. The van der Waals surface area contributed by atoms with Crippen LogP contribution in [0.3, 0.4) is 0 Å². The maximum atomic E-state index is 12.0. The predicted molar refractivity (Wildman–Crippen MR) is 73.5 cm³/mol. The van der Waals surface area contributed by atoms with E-state index >= 15 is 0 Å². The summed E-state index contributed by atoms with van der Waals surface area (Å²) in [5.41, 5.74) is 7.16. The zero-order valence-electron chi connectivity index (χ0n) is 10.6. The third kappa shape index (κ3) is 2.93. The average molecular weight is 242 g/mol. The number of pyridine rings is 1. The lowest BCUT2D eigenvalue weighted by molar-refractivity contribution is 0.0975. The first-order chi connectivity index (χ1) is 8.70. The lowest BCUT2D eigenvalue weighted by Crippen LogP contribution is -2.12. The fraction of sp³-hybridized carbons (Fsp3) is 0.333. The summed E-state index contributed by atoms with van der Waals surface area (Å²) in [4.78, 5) is 16.3. The molecule has 1 atom stereocenters. The number of para-hydroxylation sites is 1. The number of aromatic nitrogens is 1. The van der Waals surface area contributed by atoms with Gasteiger partial charge in [0.1, 0.15) is 0 Å². The molecule has 0 aliphatic rings. The molecule has 94 valence electrons. The zero-order valence-corrected chi connectivity index (χ0v) is 10.6. The van der Waals surface area contributed by atoms with Crippen molar-refractivity contribution >= 4 is 16.7 Å². The molecule has 0 spiro atoms. The quantitative estimate of drug-likeness (QED) is 0.820. The number of carbonyl (C=O) groups excluding carboxylic acids is 1. The van der Waals surface area contributed by atoms with Crippen LogP contribution in [0, 0.1) is 5.92 Å². The Morgan fingerprint density at radius 1 is 1.39 bits per heavy atom. The summed E-state index contributed by atoms with van der Waals surface area (Å²) in [7, 11) is 0. The highest BCUT2D eigenvalue weighted by atomic mass is 16.1. The molecule has 2 rings (SSSR count). The highest BCUT2D eigenvalue weighted by molar-refractivity contribution is 5.98. The van der Waals surface area contributed by atoms with Crippen molar-refractivity contribution in [1.29, 1.82) is 0 Å². The maximum absolute atomic E-state index is 12.0. The molecule has 18 heavy (non-hydrogen) atoms. The van der Waals surface area contributed by atoms with Gasteiger partial charge in [-0.1, -0.05) is 25.1 Å². The van der Waals surface area contributed by atoms with Gasteiger partial charge in [-0.25, -0.2) is 0 Å². The highest BCUT2D eigenvalue weighted by Gasteiger charge is 2.09. The standard InChI is InChI=1S/C15H18N2O/c1-11(9-16)6-7-15(18)13-8-12-4-2-3-5-14(12)17-10-13/h2-5,8,10-11H,6-7,9,16H2,1H3. The van der Waals surface area contributed by atoms with Gasteiger partial charge in [0.25, 0.3) is 0 Å². The normalized spacial score (nSPS) is 12.6. The van der Waals surface area contributed by atoms with Crippen LogP contribution in [0.1, 0.15) is 30.1 Å². The van der Waals surface area contributed by atoms with Crippen molar-refractivity contribution in [2.75, 3.05) is 6.54 Å². The smallest absolute Gasteiger partial charge is 0.164 e. The number of carbonyl (C=O) groups is 1. The number of benzene rings is 1. The van der Waals surface area contributed by atoms with Crippen molar-refractivity contribution in [3.05, 3.63) is 42.1 Å². The Hall–Kier alpha value is -1.74. The summed E-state index contributed by atoms with van der Waals surface area (Å²) in [5.74, 6) is 0.538.